The van der Waals surface area contributed by atoms with Gasteiger partial charge in [0.2, 0.25) is 5.91 Å². The summed E-state index contributed by atoms with van der Waals surface area (Å²) >= 11 is 0. The van der Waals surface area contributed by atoms with Crippen LogP contribution in [0.5, 0.6) is 5.75 Å². The van der Waals surface area contributed by atoms with Crippen molar-refractivity contribution in [3.05, 3.63) is 30.3 Å². The van der Waals surface area contributed by atoms with Crippen LogP contribution in [0, 0.1) is 5.41 Å². The fourth-order valence-corrected chi connectivity index (χ4v) is 4.01. The van der Waals surface area contributed by atoms with Gasteiger partial charge in [-0.1, -0.05) is 24.6 Å². The summed E-state index contributed by atoms with van der Waals surface area (Å²) in [6.45, 7) is 0.659. The molecule has 0 bridgehead atoms. The van der Waals surface area contributed by atoms with Crippen LogP contribution in [-0.2, 0) is 9.59 Å². The van der Waals surface area contributed by atoms with Crippen molar-refractivity contribution in [1.29, 1.82) is 0 Å². The molecule has 124 valence electrons. The lowest BCUT2D eigenvalue weighted by Gasteiger charge is -2.44. The molecule has 0 radical (unpaired) electrons. The summed E-state index contributed by atoms with van der Waals surface area (Å²) in [5.41, 5.74) is 0.0467. The summed E-state index contributed by atoms with van der Waals surface area (Å²) in [6.07, 6.45) is 4.70. The van der Waals surface area contributed by atoms with Gasteiger partial charge >= 0.3 is 0 Å². The lowest BCUT2D eigenvalue weighted by molar-refractivity contribution is -0.139. The quantitative estimate of drug-likeness (QED) is 0.903. The Morgan fingerprint density at radius 1 is 1.35 bits per heavy atom. The van der Waals surface area contributed by atoms with Crippen LogP contribution in [-0.4, -0.2) is 43.0 Å². The number of carbonyl (C=O) groups excluding carboxylic acids is 2. The first-order valence-electron chi connectivity index (χ1n) is 8.31. The Balaban J connectivity index is 1.53. The molecule has 1 aromatic rings. The molecule has 1 N–H and O–H groups in total. The van der Waals surface area contributed by atoms with Crippen LogP contribution in [0.2, 0.25) is 0 Å². The van der Waals surface area contributed by atoms with E-state index in [0.717, 1.165) is 25.7 Å². The number of rotatable bonds is 5. The van der Waals surface area contributed by atoms with Crippen LogP contribution in [0.3, 0.4) is 0 Å². The Labute approximate surface area is 137 Å². The van der Waals surface area contributed by atoms with Crippen molar-refractivity contribution in [3.8, 4) is 5.75 Å². The number of hydrogen-bond acceptors (Lipinski definition) is 3. The Morgan fingerprint density at radius 3 is 2.91 bits per heavy atom. The molecule has 1 saturated heterocycles. The number of nitrogens with one attached hydrogen (secondary N) is 1. The molecule has 0 aromatic heterocycles. The van der Waals surface area contributed by atoms with Gasteiger partial charge < -0.3 is 15.0 Å². The average molecular weight is 316 g/mol. The van der Waals surface area contributed by atoms with Crippen LogP contribution in [0.4, 0.5) is 0 Å². The summed E-state index contributed by atoms with van der Waals surface area (Å²) in [5.74, 6) is 0.822. The Hall–Kier alpha value is -2.04. The maximum absolute atomic E-state index is 12.1. The van der Waals surface area contributed by atoms with E-state index < -0.39 is 0 Å². The molecule has 1 aliphatic heterocycles. The van der Waals surface area contributed by atoms with Crippen molar-refractivity contribution in [2.75, 3.05) is 20.2 Å². The van der Waals surface area contributed by atoms with Gasteiger partial charge in [-0.05, 0) is 31.4 Å². The van der Waals surface area contributed by atoms with E-state index in [4.69, 9.17) is 4.74 Å². The number of likely N-dealkylation sites (tertiary alicyclic amines) is 1. The second-order valence-corrected chi connectivity index (χ2v) is 6.65. The molecule has 5 heteroatoms. The zero-order valence-electron chi connectivity index (χ0n) is 13.6. The van der Waals surface area contributed by atoms with Gasteiger partial charge in [0.05, 0.1) is 0 Å². The Bertz CT molecular complexity index is 575. The van der Waals surface area contributed by atoms with E-state index in [1.54, 1.807) is 0 Å². The highest BCUT2D eigenvalue weighted by Crippen LogP contribution is 2.47. The molecule has 0 unspecified atom stereocenters. The van der Waals surface area contributed by atoms with Gasteiger partial charge in [0.15, 0.2) is 6.61 Å². The molecule has 1 aliphatic carbocycles. The van der Waals surface area contributed by atoms with E-state index in [-0.39, 0.29) is 29.9 Å². The van der Waals surface area contributed by atoms with Crippen LogP contribution in [0.25, 0.3) is 0 Å². The summed E-state index contributed by atoms with van der Waals surface area (Å²) in [5, 5.41) is 3.02. The molecule has 5 nitrogen and oxygen atoms in total. The Morgan fingerprint density at radius 2 is 2.13 bits per heavy atom. The lowest BCUT2D eigenvalue weighted by atomic mass is 9.74. The van der Waals surface area contributed by atoms with Crippen molar-refractivity contribution >= 4 is 11.8 Å². The van der Waals surface area contributed by atoms with E-state index in [9.17, 15) is 9.59 Å². The number of hydrogen-bond donors (Lipinski definition) is 1. The molecule has 2 fully saturated rings. The number of amides is 2. The third kappa shape index (κ3) is 3.33. The molecule has 2 aliphatic rings. The predicted octanol–water partition coefficient (Wildman–Crippen LogP) is 1.97. The monoisotopic (exact) mass is 316 g/mol. The van der Waals surface area contributed by atoms with Gasteiger partial charge in [-0.15, -0.1) is 0 Å². The third-order valence-corrected chi connectivity index (χ3v) is 5.31. The van der Waals surface area contributed by atoms with E-state index >= 15 is 0 Å². The summed E-state index contributed by atoms with van der Waals surface area (Å²) in [4.78, 5) is 25.9. The number of benzene rings is 1. The first-order chi connectivity index (χ1) is 11.1. The summed E-state index contributed by atoms with van der Waals surface area (Å²) < 4.78 is 5.48. The maximum Gasteiger partial charge on any atom is 0.257 e. The van der Waals surface area contributed by atoms with Gasteiger partial charge in [-0.25, -0.2) is 0 Å². The van der Waals surface area contributed by atoms with Crippen molar-refractivity contribution < 1.29 is 14.3 Å². The molecular weight excluding hydrogens is 292 g/mol. The average Bonchev–Trinajstić information content (AvgIpc) is 3.01. The molecule has 0 spiro atoms. The standard InChI is InChI=1S/C18H24N2O3/c1-20-15-8-5-10-18(15,11-9-17(20)22)13-19-16(21)12-23-14-6-3-2-4-7-14/h2-4,6-7,15H,5,8-13H2,1H3,(H,19,21)/t15-,18+/m1/s1. The van der Waals surface area contributed by atoms with Crippen molar-refractivity contribution in [3.63, 3.8) is 0 Å². The molecule has 3 rings (SSSR count). The first kappa shape index (κ1) is 15.8. The second kappa shape index (κ2) is 6.60. The minimum atomic E-state index is -0.103. The summed E-state index contributed by atoms with van der Waals surface area (Å²) in [6, 6.07) is 9.60. The summed E-state index contributed by atoms with van der Waals surface area (Å²) in [7, 11) is 1.90. The van der Waals surface area contributed by atoms with Gasteiger partial charge in [0.1, 0.15) is 5.75 Å². The Kier molecular flexibility index (Phi) is 4.55. The zero-order chi connectivity index (χ0) is 16.3. The van der Waals surface area contributed by atoms with Gasteiger partial charge in [-0.3, -0.25) is 9.59 Å². The largest absolute Gasteiger partial charge is 0.484 e. The van der Waals surface area contributed by atoms with Crippen LogP contribution < -0.4 is 10.1 Å². The van der Waals surface area contributed by atoms with E-state index in [0.29, 0.717) is 18.7 Å². The number of piperidine rings is 1. The lowest BCUT2D eigenvalue weighted by Crippen LogP contribution is -2.54. The van der Waals surface area contributed by atoms with Gasteiger partial charge in [0.25, 0.3) is 5.91 Å². The minimum Gasteiger partial charge on any atom is -0.484 e. The zero-order valence-corrected chi connectivity index (χ0v) is 13.6. The molecule has 1 aromatic carbocycles. The molecule has 2 atom stereocenters. The molecule has 1 saturated carbocycles. The number of fused-ring (bicyclic) bond motifs is 1. The number of nitrogens with zero attached hydrogens (tertiary/aromatic N) is 1. The van der Waals surface area contributed by atoms with E-state index in [1.165, 1.54) is 0 Å². The fourth-order valence-electron chi connectivity index (χ4n) is 4.01. The van der Waals surface area contributed by atoms with E-state index in [1.807, 2.05) is 42.3 Å². The van der Waals surface area contributed by atoms with Gasteiger partial charge in [-0.2, -0.15) is 0 Å². The van der Waals surface area contributed by atoms with E-state index in [2.05, 4.69) is 5.32 Å². The second-order valence-electron chi connectivity index (χ2n) is 6.65. The number of para-hydroxylation sites is 1. The number of ether oxygens (including phenoxy) is 1. The fraction of sp³-hybridized carbons (Fsp3) is 0.556. The smallest absolute Gasteiger partial charge is 0.257 e. The number of carbonyl (C=O) groups is 2. The van der Waals surface area contributed by atoms with Gasteiger partial charge in [0, 0.05) is 31.5 Å². The van der Waals surface area contributed by atoms with Crippen LogP contribution in [0.15, 0.2) is 30.3 Å². The normalized spacial score (nSPS) is 26.7. The SMILES string of the molecule is CN1C(=O)CC[C@]2(CNC(=O)COc3ccccc3)CCC[C@@H]12. The highest BCUT2D eigenvalue weighted by atomic mass is 16.5. The first-order valence-corrected chi connectivity index (χ1v) is 8.31. The van der Waals surface area contributed by atoms with Crippen molar-refractivity contribution in [2.45, 2.75) is 38.1 Å². The van der Waals surface area contributed by atoms with Crippen molar-refractivity contribution in [2.24, 2.45) is 5.41 Å². The molecule has 2 amide bonds. The molecule has 23 heavy (non-hydrogen) atoms. The predicted molar refractivity (Wildman–Crippen MR) is 87.0 cm³/mol. The van der Waals surface area contributed by atoms with Crippen LogP contribution >= 0.6 is 0 Å². The maximum atomic E-state index is 12.1. The van der Waals surface area contributed by atoms with Crippen LogP contribution in [0.1, 0.15) is 32.1 Å². The highest BCUT2D eigenvalue weighted by molar-refractivity contribution is 5.78. The highest BCUT2D eigenvalue weighted by Gasteiger charge is 2.49. The molecule has 1 heterocycles. The third-order valence-electron chi connectivity index (χ3n) is 5.31. The topological polar surface area (TPSA) is 58.6 Å². The molecular formula is C18H24N2O3. The van der Waals surface area contributed by atoms with Crippen molar-refractivity contribution in [1.82, 2.24) is 10.2 Å². The minimum absolute atomic E-state index is 0.0273.